The first-order valence-corrected chi connectivity index (χ1v) is 16.1. The van der Waals surface area contributed by atoms with Crippen molar-refractivity contribution in [3.63, 3.8) is 0 Å². The Morgan fingerprint density at radius 2 is 1.00 bits per heavy atom. The summed E-state index contributed by atoms with van der Waals surface area (Å²) >= 11 is 0. The van der Waals surface area contributed by atoms with Crippen LogP contribution in [0.4, 0.5) is 0 Å². The number of rotatable bonds is 5. The maximum atomic E-state index is 13.8. The van der Waals surface area contributed by atoms with Crippen molar-refractivity contribution in [1.82, 2.24) is 0 Å². The van der Waals surface area contributed by atoms with Crippen LogP contribution in [0.15, 0.2) is 54.6 Å². The van der Waals surface area contributed by atoms with Crippen molar-refractivity contribution in [3.05, 3.63) is 88.0 Å². The standard InChI is InChI=1S/C37H30O18/c38-14-7-16(39)27-26(8-14)54-35(12-3-20(43)32(50)21(44)4-12)36(55-37(52)13-5-22(45)33(51)23(46)6-13)29(27)28-17(40)10-25-15(30(28)48)9-24(47)34(53-25)11-1-18(41)31(49)19(42)2-11/h1-8,10,24,29,34-36,38-51H,9H2/t24-,29+,34-,35-,36+/m0/s1. The molecule has 18 nitrogen and oxygen atoms in total. The van der Waals surface area contributed by atoms with E-state index in [4.69, 9.17) is 14.2 Å². The lowest BCUT2D eigenvalue weighted by atomic mass is 9.77. The summed E-state index contributed by atoms with van der Waals surface area (Å²) in [6, 6.07) is 8.25. The van der Waals surface area contributed by atoms with Crippen molar-refractivity contribution < 1.29 is 90.5 Å². The third kappa shape index (κ3) is 5.95. The van der Waals surface area contributed by atoms with Gasteiger partial charge in [-0.2, -0.15) is 0 Å². The van der Waals surface area contributed by atoms with Gasteiger partial charge in [0, 0.05) is 52.4 Å². The van der Waals surface area contributed by atoms with Crippen LogP contribution in [-0.4, -0.2) is 89.7 Å². The van der Waals surface area contributed by atoms with Gasteiger partial charge < -0.3 is 85.7 Å². The normalized spacial score (nSPS) is 20.1. The van der Waals surface area contributed by atoms with Crippen LogP contribution in [0.2, 0.25) is 0 Å². The number of carbonyl (C=O) groups excluding carboxylic acids is 1. The van der Waals surface area contributed by atoms with Crippen LogP contribution in [0.25, 0.3) is 0 Å². The third-order valence-corrected chi connectivity index (χ3v) is 9.40. The molecule has 0 spiro atoms. The quantitative estimate of drug-likeness (QED) is 0.0901. The molecule has 5 atom stereocenters. The minimum Gasteiger partial charge on any atom is -0.508 e. The largest absolute Gasteiger partial charge is 0.508 e. The number of ether oxygens (including phenoxy) is 3. The van der Waals surface area contributed by atoms with Gasteiger partial charge in [-0.25, -0.2) is 4.79 Å². The summed E-state index contributed by atoms with van der Waals surface area (Å²) in [6.07, 6.45) is -6.83. The van der Waals surface area contributed by atoms with Gasteiger partial charge in [-0.05, 0) is 36.4 Å². The van der Waals surface area contributed by atoms with E-state index in [1.54, 1.807) is 0 Å². The number of aromatic hydroxyl groups is 13. The topological polar surface area (TPSA) is 328 Å². The molecule has 7 rings (SSSR count). The van der Waals surface area contributed by atoms with Gasteiger partial charge in [0.25, 0.3) is 0 Å². The molecule has 5 aromatic rings. The summed E-state index contributed by atoms with van der Waals surface area (Å²) in [5.41, 5.74) is -1.67. The molecule has 0 unspecified atom stereocenters. The molecule has 14 N–H and O–H groups in total. The van der Waals surface area contributed by atoms with Gasteiger partial charge in [-0.1, -0.05) is 0 Å². The van der Waals surface area contributed by atoms with Gasteiger partial charge in [-0.3, -0.25) is 0 Å². The summed E-state index contributed by atoms with van der Waals surface area (Å²) in [6.45, 7) is 0. The van der Waals surface area contributed by atoms with Crippen LogP contribution >= 0.6 is 0 Å². The zero-order valence-corrected chi connectivity index (χ0v) is 27.7. The molecule has 0 bridgehead atoms. The number of benzene rings is 5. The number of aliphatic hydroxyl groups is 1. The Morgan fingerprint density at radius 1 is 0.527 bits per heavy atom. The maximum Gasteiger partial charge on any atom is 0.338 e. The first kappa shape index (κ1) is 35.9. The molecule has 0 amide bonds. The molecular weight excluding hydrogens is 732 g/mol. The Kier molecular flexibility index (Phi) is 8.41. The van der Waals surface area contributed by atoms with Gasteiger partial charge in [0.15, 0.2) is 70.1 Å². The number of fused-ring (bicyclic) bond motifs is 2. The fourth-order valence-electron chi connectivity index (χ4n) is 6.86. The maximum absolute atomic E-state index is 13.8. The van der Waals surface area contributed by atoms with E-state index < -0.39 is 129 Å². The Hall–Kier alpha value is -7.47. The van der Waals surface area contributed by atoms with Crippen molar-refractivity contribution in [3.8, 4) is 86.2 Å². The van der Waals surface area contributed by atoms with Gasteiger partial charge >= 0.3 is 5.97 Å². The lowest BCUT2D eigenvalue weighted by Gasteiger charge is -2.40. The zero-order valence-electron chi connectivity index (χ0n) is 27.7. The van der Waals surface area contributed by atoms with Crippen LogP contribution in [0.5, 0.6) is 86.2 Å². The van der Waals surface area contributed by atoms with Crippen LogP contribution < -0.4 is 9.47 Å². The highest BCUT2D eigenvalue weighted by molar-refractivity contribution is 5.91. The van der Waals surface area contributed by atoms with Crippen LogP contribution in [0.1, 0.15) is 56.3 Å². The van der Waals surface area contributed by atoms with Gasteiger partial charge in [0.1, 0.15) is 34.5 Å². The van der Waals surface area contributed by atoms with E-state index in [1.165, 1.54) is 0 Å². The van der Waals surface area contributed by atoms with Crippen LogP contribution in [0, 0.1) is 0 Å². The molecule has 0 radical (unpaired) electrons. The summed E-state index contributed by atoms with van der Waals surface area (Å²) in [7, 11) is 0. The van der Waals surface area contributed by atoms with Crippen molar-refractivity contribution in [2.45, 2.75) is 36.8 Å². The second kappa shape index (κ2) is 12.9. The molecule has 2 heterocycles. The minimum absolute atomic E-state index is 0.00128. The SMILES string of the molecule is O=C(O[C@@H]1[C@@H](c2c(O)cc3c(c2O)C[C@H](O)[C@H](c2cc(O)c(O)c(O)c2)O3)c2c(O)cc(O)cc2O[C@H]1c1cc(O)c(O)c(O)c1)c1cc(O)c(O)c(O)c1. The second-order valence-electron chi connectivity index (χ2n) is 12.9. The monoisotopic (exact) mass is 762 g/mol. The van der Waals surface area contributed by atoms with E-state index in [-0.39, 0.29) is 33.8 Å². The minimum atomic E-state index is -1.88. The predicted octanol–water partition coefficient (Wildman–Crippen LogP) is 3.39. The molecule has 0 aliphatic carbocycles. The zero-order chi connectivity index (χ0) is 39.8. The number of esters is 1. The number of hydrogen-bond donors (Lipinski definition) is 14. The highest BCUT2D eigenvalue weighted by Gasteiger charge is 2.48. The fraction of sp³-hybridized carbons (Fsp3) is 0.162. The molecule has 0 saturated heterocycles. The molecule has 5 aromatic carbocycles. The van der Waals surface area contributed by atoms with Crippen molar-refractivity contribution in [2.24, 2.45) is 0 Å². The van der Waals surface area contributed by atoms with Crippen LogP contribution in [0.3, 0.4) is 0 Å². The highest BCUT2D eigenvalue weighted by atomic mass is 16.6. The summed E-state index contributed by atoms with van der Waals surface area (Å²) in [5.74, 6) is -14.2. The van der Waals surface area contributed by atoms with Gasteiger partial charge in [0.05, 0.1) is 17.6 Å². The van der Waals surface area contributed by atoms with E-state index in [0.717, 1.165) is 54.6 Å². The highest BCUT2D eigenvalue weighted by Crippen LogP contribution is 2.58. The summed E-state index contributed by atoms with van der Waals surface area (Å²) in [5, 5.41) is 147. The van der Waals surface area contributed by atoms with E-state index in [1.807, 2.05) is 0 Å². The smallest absolute Gasteiger partial charge is 0.338 e. The van der Waals surface area contributed by atoms with Crippen LogP contribution in [-0.2, 0) is 11.2 Å². The first-order chi connectivity index (χ1) is 25.9. The number of phenolic OH excluding ortho intramolecular Hbond substituents is 13. The summed E-state index contributed by atoms with van der Waals surface area (Å²) in [4.78, 5) is 13.8. The molecular formula is C37H30O18. The molecule has 286 valence electrons. The van der Waals surface area contributed by atoms with Crippen molar-refractivity contribution in [2.75, 3.05) is 0 Å². The Morgan fingerprint density at radius 3 is 1.55 bits per heavy atom. The Bertz CT molecular complexity index is 2340. The average Bonchev–Trinajstić information content (AvgIpc) is 3.11. The van der Waals surface area contributed by atoms with E-state index in [0.29, 0.717) is 0 Å². The lowest BCUT2D eigenvalue weighted by molar-refractivity contribution is -0.0275. The number of carbonyl (C=O) groups is 1. The van der Waals surface area contributed by atoms with Gasteiger partial charge in [-0.15, -0.1) is 0 Å². The van der Waals surface area contributed by atoms with Crippen molar-refractivity contribution >= 4 is 5.97 Å². The Labute approximate surface area is 307 Å². The van der Waals surface area contributed by atoms with Crippen molar-refractivity contribution in [1.29, 1.82) is 0 Å². The van der Waals surface area contributed by atoms with E-state index in [2.05, 4.69) is 0 Å². The van der Waals surface area contributed by atoms with Gasteiger partial charge in [0.2, 0.25) is 0 Å². The summed E-state index contributed by atoms with van der Waals surface area (Å²) < 4.78 is 17.8. The Balaban J connectivity index is 1.42. The molecule has 55 heavy (non-hydrogen) atoms. The lowest BCUT2D eigenvalue weighted by Crippen LogP contribution is -2.39. The number of hydrogen-bond acceptors (Lipinski definition) is 18. The van der Waals surface area contributed by atoms with E-state index >= 15 is 0 Å². The third-order valence-electron chi connectivity index (χ3n) is 9.40. The predicted molar refractivity (Wildman–Crippen MR) is 181 cm³/mol. The fourth-order valence-corrected chi connectivity index (χ4v) is 6.86. The molecule has 0 aromatic heterocycles. The molecule has 2 aliphatic heterocycles. The first-order valence-electron chi connectivity index (χ1n) is 16.1. The number of aliphatic hydroxyl groups excluding tert-OH is 1. The second-order valence-corrected chi connectivity index (χ2v) is 12.9. The average molecular weight is 763 g/mol. The molecule has 0 fully saturated rings. The van der Waals surface area contributed by atoms with E-state index in [9.17, 15) is 76.3 Å². The molecule has 0 saturated carbocycles. The number of phenols is 13. The molecule has 2 aliphatic rings. The molecule has 18 heteroatoms.